The Kier molecular flexibility index (Phi) is 3.54. The standard InChI is InChI=1S/C12H16O2S/c13-15(14)12-8-6-11(7-9-12)10-4-2-1-3-5-10/h6-10H,1-5H2,(H,13,14). The maximum absolute atomic E-state index is 10.8. The van der Waals surface area contributed by atoms with E-state index in [0.29, 0.717) is 10.8 Å². The highest BCUT2D eigenvalue weighted by Gasteiger charge is 2.15. The van der Waals surface area contributed by atoms with Crippen LogP contribution in [0, 0.1) is 0 Å². The largest absolute Gasteiger partial charge is 0.302 e. The van der Waals surface area contributed by atoms with Crippen molar-refractivity contribution in [3.63, 3.8) is 0 Å². The Morgan fingerprint density at radius 2 is 1.67 bits per heavy atom. The van der Waals surface area contributed by atoms with Crippen LogP contribution in [0.5, 0.6) is 0 Å². The number of hydrogen-bond donors (Lipinski definition) is 1. The fraction of sp³-hybridized carbons (Fsp3) is 0.500. The molecule has 1 aromatic rings. The number of rotatable bonds is 2. The molecule has 0 aliphatic heterocycles. The molecule has 3 heteroatoms. The van der Waals surface area contributed by atoms with Gasteiger partial charge in [-0.15, -0.1) is 0 Å². The van der Waals surface area contributed by atoms with Crippen molar-refractivity contribution in [2.24, 2.45) is 0 Å². The minimum absolute atomic E-state index is 0.495. The van der Waals surface area contributed by atoms with Gasteiger partial charge in [-0.2, -0.15) is 0 Å². The maximum Gasteiger partial charge on any atom is 0.186 e. The van der Waals surface area contributed by atoms with Crippen LogP contribution < -0.4 is 0 Å². The summed E-state index contributed by atoms with van der Waals surface area (Å²) in [5.41, 5.74) is 1.32. The lowest BCUT2D eigenvalue weighted by Crippen LogP contribution is -2.04. The van der Waals surface area contributed by atoms with Crippen molar-refractivity contribution in [2.45, 2.75) is 42.9 Å². The summed E-state index contributed by atoms with van der Waals surface area (Å²) in [7, 11) is 0. The van der Waals surface area contributed by atoms with Crippen LogP contribution >= 0.6 is 0 Å². The van der Waals surface area contributed by atoms with E-state index in [1.807, 2.05) is 12.1 Å². The van der Waals surface area contributed by atoms with Gasteiger partial charge in [-0.3, -0.25) is 0 Å². The van der Waals surface area contributed by atoms with Gasteiger partial charge in [0.1, 0.15) is 0 Å². The summed E-state index contributed by atoms with van der Waals surface area (Å²) < 4.78 is 19.7. The van der Waals surface area contributed by atoms with E-state index in [1.54, 1.807) is 12.1 Å². The Balaban J connectivity index is 2.11. The smallest absolute Gasteiger partial charge is 0.186 e. The van der Waals surface area contributed by atoms with Crippen molar-refractivity contribution in [3.8, 4) is 0 Å². The molecule has 1 aliphatic rings. The lowest BCUT2D eigenvalue weighted by atomic mass is 9.84. The van der Waals surface area contributed by atoms with Crippen LogP contribution in [0.2, 0.25) is 0 Å². The first-order chi connectivity index (χ1) is 7.27. The van der Waals surface area contributed by atoms with Gasteiger partial charge in [-0.1, -0.05) is 31.4 Å². The topological polar surface area (TPSA) is 37.3 Å². The molecule has 2 rings (SSSR count). The predicted molar refractivity (Wildman–Crippen MR) is 61.3 cm³/mol. The van der Waals surface area contributed by atoms with E-state index in [2.05, 4.69) is 0 Å². The molecular formula is C12H16O2S. The Labute approximate surface area is 93.0 Å². The quantitative estimate of drug-likeness (QED) is 0.782. The van der Waals surface area contributed by atoms with Gasteiger partial charge in [0.25, 0.3) is 0 Å². The second-order valence-corrected chi connectivity index (χ2v) is 5.12. The van der Waals surface area contributed by atoms with E-state index in [-0.39, 0.29) is 0 Å². The van der Waals surface area contributed by atoms with Gasteiger partial charge in [0.2, 0.25) is 0 Å². The summed E-state index contributed by atoms with van der Waals surface area (Å²) in [6, 6.07) is 7.53. The van der Waals surface area contributed by atoms with Crippen LogP contribution in [0.15, 0.2) is 29.2 Å². The van der Waals surface area contributed by atoms with Crippen LogP contribution in [-0.4, -0.2) is 8.76 Å². The Morgan fingerprint density at radius 1 is 1.07 bits per heavy atom. The van der Waals surface area contributed by atoms with E-state index < -0.39 is 11.1 Å². The van der Waals surface area contributed by atoms with Gasteiger partial charge in [0, 0.05) is 0 Å². The van der Waals surface area contributed by atoms with E-state index in [0.717, 1.165) is 0 Å². The molecule has 0 radical (unpaired) electrons. The predicted octanol–water partition coefficient (Wildman–Crippen LogP) is 3.31. The molecule has 15 heavy (non-hydrogen) atoms. The van der Waals surface area contributed by atoms with Crippen molar-refractivity contribution in [1.82, 2.24) is 0 Å². The molecule has 0 aromatic heterocycles. The van der Waals surface area contributed by atoms with Crippen LogP contribution in [0.25, 0.3) is 0 Å². The summed E-state index contributed by atoms with van der Waals surface area (Å²) in [5.74, 6) is 0.667. The molecule has 2 nitrogen and oxygen atoms in total. The molecular weight excluding hydrogens is 208 g/mol. The van der Waals surface area contributed by atoms with Crippen LogP contribution in [0.4, 0.5) is 0 Å². The molecule has 0 heterocycles. The summed E-state index contributed by atoms with van der Waals surface area (Å²) in [6.45, 7) is 0. The molecule has 1 saturated carbocycles. The number of hydrogen-bond acceptors (Lipinski definition) is 1. The third-order valence-corrected chi connectivity index (χ3v) is 3.83. The average Bonchev–Trinajstić information content (AvgIpc) is 2.30. The fourth-order valence-electron chi connectivity index (χ4n) is 2.29. The molecule has 0 saturated heterocycles. The molecule has 1 fully saturated rings. The first-order valence-electron chi connectivity index (χ1n) is 5.48. The molecule has 0 amide bonds. The maximum atomic E-state index is 10.8. The molecule has 82 valence electrons. The molecule has 1 aliphatic carbocycles. The Hall–Kier alpha value is -0.670. The molecule has 1 aromatic carbocycles. The third kappa shape index (κ3) is 2.67. The first-order valence-corrected chi connectivity index (χ1v) is 6.59. The zero-order valence-electron chi connectivity index (χ0n) is 8.69. The van der Waals surface area contributed by atoms with Gasteiger partial charge < -0.3 is 4.55 Å². The zero-order valence-corrected chi connectivity index (χ0v) is 9.50. The van der Waals surface area contributed by atoms with E-state index in [9.17, 15) is 4.21 Å². The Morgan fingerprint density at radius 3 is 2.20 bits per heavy atom. The van der Waals surface area contributed by atoms with E-state index in [4.69, 9.17) is 4.55 Å². The van der Waals surface area contributed by atoms with Gasteiger partial charge >= 0.3 is 0 Å². The summed E-state index contributed by atoms with van der Waals surface area (Å²) in [5, 5.41) is 0. The van der Waals surface area contributed by atoms with Crippen molar-refractivity contribution < 1.29 is 8.76 Å². The van der Waals surface area contributed by atoms with E-state index in [1.165, 1.54) is 37.7 Å². The highest BCUT2D eigenvalue weighted by Crippen LogP contribution is 2.32. The van der Waals surface area contributed by atoms with Crippen LogP contribution in [-0.2, 0) is 11.1 Å². The van der Waals surface area contributed by atoms with E-state index >= 15 is 0 Å². The summed E-state index contributed by atoms with van der Waals surface area (Å²) >= 11 is -1.84. The van der Waals surface area contributed by atoms with Crippen molar-refractivity contribution in [1.29, 1.82) is 0 Å². The third-order valence-electron chi connectivity index (χ3n) is 3.16. The molecule has 1 N–H and O–H groups in total. The molecule has 1 atom stereocenters. The van der Waals surface area contributed by atoms with Crippen molar-refractivity contribution in [2.75, 3.05) is 0 Å². The normalized spacial score (nSPS) is 20.1. The van der Waals surface area contributed by atoms with Crippen LogP contribution in [0.1, 0.15) is 43.6 Å². The fourth-order valence-corrected chi connectivity index (χ4v) is 2.66. The lowest BCUT2D eigenvalue weighted by Gasteiger charge is -2.21. The minimum Gasteiger partial charge on any atom is -0.302 e. The zero-order chi connectivity index (χ0) is 10.7. The first kappa shape index (κ1) is 10.8. The molecule has 1 unspecified atom stereocenters. The Bertz CT molecular complexity index is 339. The summed E-state index contributed by atoms with van der Waals surface area (Å²) in [4.78, 5) is 0.495. The molecule has 0 bridgehead atoms. The minimum atomic E-state index is -1.84. The van der Waals surface area contributed by atoms with Gasteiger partial charge in [-0.25, -0.2) is 4.21 Å². The molecule has 0 spiro atoms. The lowest BCUT2D eigenvalue weighted by molar-refractivity contribution is 0.443. The van der Waals surface area contributed by atoms with Crippen molar-refractivity contribution in [3.05, 3.63) is 29.8 Å². The van der Waals surface area contributed by atoms with Crippen molar-refractivity contribution >= 4 is 11.1 Å². The van der Waals surface area contributed by atoms with Crippen LogP contribution in [0.3, 0.4) is 0 Å². The second-order valence-electron chi connectivity index (χ2n) is 4.15. The highest BCUT2D eigenvalue weighted by atomic mass is 32.2. The summed E-state index contributed by atoms with van der Waals surface area (Å²) in [6.07, 6.45) is 6.52. The second kappa shape index (κ2) is 4.90. The monoisotopic (exact) mass is 224 g/mol. The van der Waals surface area contributed by atoms with Gasteiger partial charge in [0.05, 0.1) is 4.90 Å². The highest BCUT2D eigenvalue weighted by molar-refractivity contribution is 7.79. The average molecular weight is 224 g/mol. The van der Waals surface area contributed by atoms with Gasteiger partial charge in [0.15, 0.2) is 11.1 Å². The SMILES string of the molecule is O=S(O)c1ccc(C2CCCCC2)cc1. The number of benzene rings is 1. The van der Waals surface area contributed by atoms with Gasteiger partial charge in [-0.05, 0) is 36.5 Å².